The zero-order valence-electron chi connectivity index (χ0n) is 12.9. The Labute approximate surface area is 141 Å². The van der Waals surface area contributed by atoms with Gasteiger partial charge < -0.3 is 9.47 Å². The Hall–Kier alpha value is -3.75. The summed E-state index contributed by atoms with van der Waals surface area (Å²) in [7, 11) is 1.33. The Bertz CT molecular complexity index is 861. The molecule has 0 amide bonds. The first-order valence-electron chi connectivity index (χ1n) is 6.87. The van der Waals surface area contributed by atoms with E-state index in [2.05, 4.69) is 0 Å². The highest BCUT2D eigenvalue weighted by atomic mass is 16.6. The second kappa shape index (κ2) is 7.68. The van der Waals surface area contributed by atoms with Gasteiger partial charge in [0.05, 0.1) is 17.0 Å². The van der Waals surface area contributed by atoms with Crippen molar-refractivity contribution < 1.29 is 24.1 Å². The van der Waals surface area contributed by atoms with Gasteiger partial charge in [-0.15, -0.1) is 0 Å². The maximum Gasteiger partial charge on any atom is 0.350 e. The van der Waals surface area contributed by atoms with E-state index in [1.165, 1.54) is 55.7 Å². The van der Waals surface area contributed by atoms with E-state index in [9.17, 15) is 25.0 Å². The molecule has 25 heavy (non-hydrogen) atoms. The van der Waals surface area contributed by atoms with E-state index in [-0.39, 0.29) is 22.7 Å². The van der Waals surface area contributed by atoms with E-state index in [4.69, 9.17) is 9.47 Å². The average molecular weight is 344 g/mol. The molecule has 0 bridgehead atoms. The van der Waals surface area contributed by atoms with E-state index in [0.29, 0.717) is 5.56 Å². The second-order valence-corrected chi connectivity index (χ2v) is 4.68. The van der Waals surface area contributed by atoms with Gasteiger partial charge in [-0.05, 0) is 23.8 Å². The third-order valence-corrected chi connectivity index (χ3v) is 3.10. The number of ether oxygens (including phenoxy) is 2. The minimum Gasteiger partial charge on any atom is -0.493 e. The Balaban J connectivity index is 2.29. The van der Waals surface area contributed by atoms with Crippen LogP contribution in [-0.2, 0) is 0 Å². The summed E-state index contributed by atoms with van der Waals surface area (Å²) in [6.45, 7) is 0. The molecule has 0 aromatic heterocycles. The molecule has 2 aromatic carbocycles. The Kier molecular flexibility index (Phi) is 5.41. The summed E-state index contributed by atoms with van der Waals surface area (Å²) < 4.78 is 10.3. The van der Waals surface area contributed by atoms with Crippen LogP contribution >= 0.6 is 0 Å². The van der Waals surface area contributed by atoms with Crippen molar-refractivity contribution in [2.24, 2.45) is 0 Å². The highest BCUT2D eigenvalue weighted by Gasteiger charge is 2.22. The molecule has 0 heterocycles. The molecule has 0 spiro atoms. The first-order chi connectivity index (χ1) is 11.9. The summed E-state index contributed by atoms with van der Waals surface area (Å²) in [5.41, 5.74) is -0.122. The third kappa shape index (κ3) is 4.38. The summed E-state index contributed by atoms with van der Waals surface area (Å²) in [6, 6.07) is 9.68. The van der Waals surface area contributed by atoms with Crippen molar-refractivity contribution in [2.75, 3.05) is 7.11 Å². The van der Waals surface area contributed by atoms with Crippen molar-refractivity contribution in [1.29, 1.82) is 0 Å². The lowest BCUT2D eigenvalue weighted by Crippen LogP contribution is -2.11. The zero-order valence-corrected chi connectivity index (χ0v) is 12.9. The van der Waals surface area contributed by atoms with Gasteiger partial charge in [-0.3, -0.25) is 20.2 Å². The van der Waals surface area contributed by atoms with Crippen LogP contribution in [0, 0.1) is 20.2 Å². The second-order valence-electron chi connectivity index (χ2n) is 4.68. The summed E-state index contributed by atoms with van der Waals surface area (Å²) in [4.78, 5) is 32.3. The van der Waals surface area contributed by atoms with Gasteiger partial charge in [0.1, 0.15) is 5.56 Å². The molecule has 9 heteroatoms. The van der Waals surface area contributed by atoms with Gasteiger partial charge in [-0.25, -0.2) is 4.79 Å². The van der Waals surface area contributed by atoms with Crippen molar-refractivity contribution in [2.45, 2.75) is 0 Å². The topological polar surface area (TPSA) is 122 Å². The summed E-state index contributed by atoms with van der Waals surface area (Å²) in [5, 5.41) is 21.3. The summed E-state index contributed by atoms with van der Waals surface area (Å²) >= 11 is 0. The van der Waals surface area contributed by atoms with Gasteiger partial charge in [0.15, 0.2) is 11.5 Å². The van der Waals surface area contributed by atoms with Crippen LogP contribution in [0.15, 0.2) is 48.7 Å². The molecule has 2 aromatic rings. The van der Waals surface area contributed by atoms with Gasteiger partial charge >= 0.3 is 5.97 Å². The van der Waals surface area contributed by atoms with Crippen LogP contribution in [0.2, 0.25) is 0 Å². The number of carbonyl (C=O) groups is 1. The maximum atomic E-state index is 12.2. The molecule has 0 atom stereocenters. The van der Waals surface area contributed by atoms with Crippen LogP contribution in [0.1, 0.15) is 15.9 Å². The molecule has 0 unspecified atom stereocenters. The number of methoxy groups -OCH3 is 1. The molecule has 128 valence electrons. The van der Waals surface area contributed by atoms with Crippen LogP contribution in [0.3, 0.4) is 0 Å². The van der Waals surface area contributed by atoms with Crippen LogP contribution in [0.4, 0.5) is 5.69 Å². The fourth-order valence-corrected chi connectivity index (χ4v) is 1.98. The molecular weight excluding hydrogens is 332 g/mol. The van der Waals surface area contributed by atoms with Gasteiger partial charge in [0.25, 0.3) is 5.69 Å². The molecule has 0 fully saturated rings. The number of esters is 1. The monoisotopic (exact) mass is 344 g/mol. The van der Waals surface area contributed by atoms with Crippen molar-refractivity contribution in [3.63, 3.8) is 0 Å². The van der Waals surface area contributed by atoms with Crippen LogP contribution in [0.25, 0.3) is 6.08 Å². The highest BCUT2D eigenvalue weighted by Crippen LogP contribution is 2.30. The van der Waals surface area contributed by atoms with Gasteiger partial charge in [-0.1, -0.05) is 18.2 Å². The normalized spacial score (nSPS) is 10.4. The van der Waals surface area contributed by atoms with E-state index in [1.54, 1.807) is 0 Å². The predicted molar refractivity (Wildman–Crippen MR) is 87.1 cm³/mol. The number of benzene rings is 2. The molecule has 0 aliphatic rings. The molecule has 0 radical (unpaired) electrons. The molecule has 0 saturated heterocycles. The Morgan fingerprint density at radius 3 is 2.44 bits per heavy atom. The molecule has 0 saturated carbocycles. The maximum absolute atomic E-state index is 12.2. The van der Waals surface area contributed by atoms with Gasteiger partial charge in [0, 0.05) is 12.1 Å². The number of nitrogens with zero attached hydrogens (tertiary/aromatic N) is 2. The Morgan fingerprint density at radius 1 is 1.08 bits per heavy atom. The molecule has 0 aliphatic heterocycles. The predicted octanol–water partition coefficient (Wildman–Crippen LogP) is 3.07. The SMILES string of the molecule is COc1cc(C=C[N+](=O)[O-])ccc1OC(=O)c1ccccc1[N+](=O)[O-]. The Morgan fingerprint density at radius 2 is 1.80 bits per heavy atom. The van der Waals surface area contributed by atoms with Crippen molar-refractivity contribution in [3.05, 3.63) is 80.0 Å². The standard InChI is InChI=1S/C16H12N2O7/c1-24-15-10-11(8-9-17(20)21)6-7-14(15)25-16(19)12-4-2-3-5-13(12)18(22)23/h2-10H,1H3. The van der Waals surface area contributed by atoms with Crippen molar-refractivity contribution in [1.82, 2.24) is 0 Å². The van der Waals surface area contributed by atoms with E-state index in [0.717, 1.165) is 6.20 Å². The lowest BCUT2D eigenvalue weighted by Gasteiger charge is -2.10. The van der Waals surface area contributed by atoms with Crippen molar-refractivity contribution in [3.8, 4) is 11.5 Å². The summed E-state index contributed by atoms with van der Waals surface area (Å²) in [5.74, 6) is -0.736. The van der Waals surface area contributed by atoms with Gasteiger partial charge in [0.2, 0.25) is 6.20 Å². The molecule has 9 nitrogen and oxygen atoms in total. The van der Waals surface area contributed by atoms with E-state index in [1.807, 2.05) is 0 Å². The lowest BCUT2D eigenvalue weighted by atomic mass is 10.1. The smallest absolute Gasteiger partial charge is 0.350 e. The third-order valence-electron chi connectivity index (χ3n) is 3.10. The van der Waals surface area contributed by atoms with Crippen LogP contribution < -0.4 is 9.47 Å². The molecular formula is C16H12N2O7. The minimum atomic E-state index is -0.917. The fraction of sp³-hybridized carbons (Fsp3) is 0.0625. The number of nitro groups is 2. The quantitative estimate of drug-likeness (QED) is 0.341. The van der Waals surface area contributed by atoms with E-state index >= 15 is 0 Å². The van der Waals surface area contributed by atoms with Gasteiger partial charge in [-0.2, -0.15) is 0 Å². The molecule has 0 N–H and O–H groups in total. The first-order valence-corrected chi connectivity index (χ1v) is 6.87. The average Bonchev–Trinajstić information content (AvgIpc) is 2.60. The lowest BCUT2D eigenvalue weighted by molar-refractivity contribution is -0.400. The van der Waals surface area contributed by atoms with E-state index < -0.39 is 15.8 Å². The minimum absolute atomic E-state index is 0.0314. The number of rotatable bonds is 6. The molecule has 2 rings (SSSR count). The number of hydrogen-bond donors (Lipinski definition) is 0. The fourth-order valence-electron chi connectivity index (χ4n) is 1.98. The zero-order chi connectivity index (χ0) is 18.4. The largest absolute Gasteiger partial charge is 0.493 e. The number of nitro benzene ring substituents is 1. The van der Waals surface area contributed by atoms with Crippen molar-refractivity contribution >= 4 is 17.7 Å². The molecule has 0 aliphatic carbocycles. The number of carbonyl (C=O) groups excluding carboxylic acids is 1. The first kappa shape index (κ1) is 17.6. The summed E-state index contributed by atoms with van der Waals surface area (Å²) in [6.07, 6.45) is 2.00. The van der Waals surface area contributed by atoms with Crippen LogP contribution in [0.5, 0.6) is 11.5 Å². The number of para-hydroxylation sites is 1. The van der Waals surface area contributed by atoms with Crippen LogP contribution in [-0.4, -0.2) is 22.9 Å². The number of hydrogen-bond acceptors (Lipinski definition) is 7. The highest BCUT2D eigenvalue weighted by molar-refractivity contribution is 5.95.